The maximum atomic E-state index is 12.8. The number of aromatic nitrogens is 4. The van der Waals surface area contributed by atoms with Crippen LogP contribution in [0.25, 0.3) is 5.78 Å². The molecule has 1 aliphatic carbocycles. The third-order valence-corrected chi connectivity index (χ3v) is 5.93. The van der Waals surface area contributed by atoms with Crippen molar-refractivity contribution >= 4 is 17.4 Å². The molecule has 3 aromatic rings. The molecular formula is C23H29N5O2. The molecule has 1 N–H and O–H groups in total. The summed E-state index contributed by atoms with van der Waals surface area (Å²) in [6.45, 7) is 6.48. The second kappa shape index (κ2) is 8.42. The predicted octanol–water partition coefficient (Wildman–Crippen LogP) is 4.41. The van der Waals surface area contributed by atoms with E-state index in [1.54, 1.807) is 33.5 Å². The Morgan fingerprint density at radius 3 is 2.67 bits per heavy atom. The molecule has 0 aromatic carbocycles. The van der Waals surface area contributed by atoms with E-state index in [1.165, 1.54) is 6.20 Å². The van der Waals surface area contributed by atoms with E-state index in [-0.39, 0.29) is 17.5 Å². The summed E-state index contributed by atoms with van der Waals surface area (Å²) in [4.78, 5) is 34.5. The van der Waals surface area contributed by atoms with E-state index in [9.17, 15) is 9.59 Å². The molecule has 1 amide bonds. The summed E-state index contributed by atoms with van der Waals surface area (Å²) < 4.78 is 3.52. The number of rotatable bonds is 8. The van der Waals surface area contributed by atoms with Crippen LogP contribution in [0.1, 0.15) is 80.9 Å². The normalized spacial score (nSPS) is 18.1. The van der Waals surface area contributed by atoms with Gasteiger partial charge in [0.1, 0.15) is 5.69 Å². The van der Waals surface area contributed by atoms with Gasteiger partial charge in [0, 0.05) is 36.7 Å². The Hall–Kier alpha value is -2.96. The topological polar surface area (TPSA) is 81.3 Å². The van der Waals surface area contributed by atoms with Gasteiger partial charge in [-0.3, -0.25) is 14.0 Å². The van der Waals surface area contributed by atoms with Gasteiger partial charge in [0.2, 0.25) is 5.78 Å². The molecule has 1 fully saturated rings. The zero-order chi connectivity index (χ0) is 21.3. The second-order valence-corrected chi connectivity index (χ2v) is 8.36. The van der Waals surface area contributed by atoms with Gasteiger partial charge in [-0.25, -0.2) is 9.97 Å². The minimum Gasteiger partial charge on any atom is -0.317 e. The number of hydrogen-bond donors (Lipinski definition) is 1. The van der Waals surface area contributed by atoms with Crippen LogP contribution >= 0.6 is 0 Å². The van der Waals surface area contributed by atoms with Crippen molar-refractivity contribution in [2.45, 2.75) is 64.8 Å². The van der Waals surface area contributed by atoms with Gasteiger partial charge in [-0.15, -0.1) is 0 Å². The van der Waals surface area contributed by atoms with Crippen molar-refractivity contribution in [3.63, 3.8) is 0 Å². The highest BCUT2D eigenvalue weighted by Gasteiger charge is 2.35. The van der Waals surface area contributed by atoms with Gasteiger partial charge in [-0.2, -0.15) is 0 Å². The quantitative estimate of drug-likeness (QED) is 0.600. The number of nitrogens with zero attached hydrogens (tertiary/aromatic N) is 4. The van der Waals surface area contributed by atoms with Crippen LogP contribution in [0.3, 0.4) is 0 Å². The van der Waals surface area contributed by atoms with Gasteiger partial charge in [0.05, 0.1) is 11.3 Å². The molecule has 0 saturated heterocycles. The fraction of sp³-hybridized carbons (Fsp3) is 0.478. The molecule has 3 heterocycles. The summed E-state index contributed by atoms with van der Waals surface area (Å²) in [5.41, 5.74) is 1.54. The Balaban J connectivity index is 1.56. The van der Waals surface area contributed by atoms with Gasteiger partial charge in [0.15, 0.2) is 0 Å². The SMILES string of the molecule is CCCC(CCC)c1cn2cc(C(=O)Nc3cccn([C@H]4C[C@@H]4C)c3=O)cnc2n1. The Kier molecular flexibility index (Phi) is 5.70. The number of anilines is 1. The van der Waals surface area contributed by atoms with Crippen LogP contribution in [0, 0.1) is 5.92 Å². The third kappa shape index (κ3) is 4.01. The highest BCUT2D eigenvalue weighted by molar-refractivity contribution is 6.03. The van der Waals surface area contributed by atoms with Crippen LogP contribution in [0.2, 0.25) is 0 Å². The van der Waals surface area contributed by atoms with E-state index >= 15 is 0 Å². The number of carbonyl (C=O) groups is 1. The first-order chi connectivity index (χ1) is 14.5. The largest absolute Gasteiger partial charge is 0.317 e. The lowest BCUT2D eigenvalue weighted by Gasteiger charge is -2.11. The standard InChI is InChI=1S/C23H29N5O2/c1-4-7-16(8-5-2)19-14-27-13-17(12-24-23(27)26-19)21(29)25-18-9-6-10-28(22(18)30)20-11-15(20)3/h6,9-10,12-16,20H,4-5,7-8,11H2,1-3H3,(H,25,29)/t15-,20-/m0/s1. The molecule has 0 aliphatic heterocycles. The van der Waals surface area contributed by atoms with Crippen molar-refractivity contribution in [2.24, 2.45) is 5.92 Å². The van der Waals surface area contributed by atoms with Crippen molar-refractivity contribution in [1.82, 2.24) is 18.9 Å². The van der Waals surface area contributed by atoms with Crippen molar-refractivity contribution < 1.29 is 4.79 Å². The van der Waals surface area contributed by atoms with Crippen LogP contribution in [-0.2, 0) is 0 Å². The zero-order valence-electron chi connectivity index (χ0n) is 17.8. The first-order valence-corrected chi connectivity index (χ1v) is 10.9. The van der Waals surface area contributed by atoms with Crippen LogP contribution in [-0.4, -0.2) is 24.8 Å². The molecule has 1 saturated carbocycles. The first-order valence-electron chi connectivity index (χ1n) is 10.9. The Morgan fingerprint density at radius 2 is 2.00 bits per heavy atom. The van der Waals surface area contributed by atoms with Gasteiger partial charge < -0.3 is 9.88 Å². The maximum Gasteiger partial charge on any atom is 0.274 e. The summed E-state index contributed by atoms with van der Waals surface area (Å²) in [5, 5.41) is 2.75. The van der Waals surface area contributed by atoms with E-state index < -0.39 is 0 Å². The number of imidazole rings is 1. The number of fused-ring (bicyclic) bond motifs is 1. The molecule has 7 heteroatoms. The number of hydrogen-bond acceptors (Lipinski definition) is 4. The fourth-order valence-electron chi connectivity index (χ4n) is 4.11. The fourth-order valence-corrected chi connectivity index (χ4v) is 4.11. The molecule has 30 heavy (non-hydrogen) atoms. The summed E-state index contributed by atoms with van der Waals surface area (Å²) in [5.74, 6) is 1.15. The van der Waals surface area contributed by atoms with Crippen LogP contribution in [0.4, 0.5) is 5.69 Å². The van der Waals surface area contributed by atoms with Gasteiger partial charge in [-0.1, -0.05) is 33.6 Å². The van der Waals surface area contributed by atoms with Gasteiger partial charge in [-0.05, 0) is 37.3 Å². The van der Waals surface area contributed by atoms with E-state index in [2.05, 4.69) is 36.1 Å². The van der Waals surface area contributed by atoms with Crippen molar-refractivity contribution in [3.8, 4) is 0 Å². The van der Waals surface area contributed by atoms with Gasteiger partial charge in [0.25, 0.3) is 11.5 Å². The van der Waals surface area contributed by atoms with Crippen molar-refractivity contribution in [1.29, 1.82) is 0 Å². The summed E-state index contributed by atoms with van der Waals surface area (Å²) in [6, 6.07) is 3.68. The number of amides is 1. The Labute approximate surface area is 176 Å². The molecule has 0 unspecified atom stereocenters. The molecule has 3 aromatic heterocycles. The van der Waals surface area contributed by atoms with E-state index in [4.69, 9.17) is 0 Å². The minimum atomic E-state index is -0.350. The average Bonchev–Trinajstić information content (AvgIpc) is 3.30. The second-order valence-electron chi connectivity index (χ2n) is 8.36. The smallest absolute Gasteiger partial charge is 0.274 e. The van der Waals surface area contributed by atoms with Crippen LogP contribution < -0.4 is 10.9 Å². The predicted molar refractivity (Wildman–Crippen MR) is 117 cm³/mol. The van der Waals surface area contributed by atoms with E-state index in [1.807, 2.05) is 6.20 Å². The molecule has 0 spiro atoms. The summed E-state index contributed by atoms with van der Waals surface area (Å²) >= 11 is 0. The van der Waals surface area contributed by atoms with E-state index in [0.29, 0.717) is 28.9 Å². The molecule has 1 aliphatic rings. The lowest BCUT2D eigenvalue weighted by molar-refractivity contribution is 0.102. The first kappa shape index (κ1) is 20.3. The number of carbonyl (C=O) groups excluding carboxylic acids is 1. The summed E-state index contributed by atoms with van der Waals surface area (Å²) in [6.07, 6.45) is 12.4. The number of nitrogens with one attached hydrogen (secondary N) is 1. The van der Waals surface area contributed by atoms with Crippen molar-refractivity contribution in [2.75, 3.05) is 5.32 Å². The lowest BCUT2D eigenvalue weighted by atomic mass is 9.95. The Morgan fingerprint density at radius 1 is 1.27 bits per heavy atom. The average molecular weight is 408 g/mol. The molecule has 2 atom stereocenters. The van der Waals surface area contributed by atoms with Crippen molar-refractivity contribution in [3.05, 3.63) is 58.5 Å². The number of pyridine rings is 1. The maximum absolute atomic E-state index is 12.8. The van der Waals surface area contributed by atoms with Gasteiger partial charge >= 0.3 is 0 Å². The lowest BCUT2D eigenvalue weighted by Crippen LogP contribution is -2.25. The summed E-state index contributed by atoms with van der Waals surface area (Å²) in [7, 11) is 0. The molecule has 0 bridgehead atoms. The third-order valence-electron chi connectivity index (χ3n) is 5.93. The molecule has 158 valence electrons. The van der Waals surface area contributed by atoms with Crippen LogP contribution in [0.15, 0.2) is 41.7 Å². The molecule has 0 radical (unpaired) electrons. The van der Waals surface area contributed by atoms with E-state index in [0.717, 1.165) is 37.8 Å². The highest BCUT2D eigenvalue weighted by atomic mass is 16.2. The molecular weight excluding hydrogens is 378 g/mol. The highest BCUT2D eigenvalue weighted by Crippen LogP contribution is 2.41. The van der Waals surface area contributed by atoms with Crippen LogP contribution in [0.5, 0.6) is 0 Å². The zero-order valence-corrected chi connectivity index (χ0v) is 17.8. The Bertz CT molecular complexity index is 1110. The molecule has 7 nitrogen and oxygen atoms in total. The minimum absolute atomic E-state index is 0.166. The monoisotopic (exact) mass is 407 g/mol. The molecule has 4 rings (SSSR count).